The summed E-state index contributed by atoms with van der Waals surface area (Å²) in [6, 6.07) is 10.5. The van der Waals surface area contributed by atoms with Gasteiger partial charge in [0.15, 0.2) is 0 Å². The van der Waals surface area contributed by atoms with Crippen molar-refractivity contribution in [3.05, 3.63) is 36.5 Å². The van der Waals surface area contributed by atoms with Crippen LogP contribution in [0.15, 0.2) is 36.5 Å². The summed E-state index contributed by atoms with van der Waals surface area (Å²) in [5, 5.41) is 4.74. The lowest BCUT2D eigenvalue weighted by molar-refractivity contribution is 0.549. The minimum absolute atomic E-state index is 0.815. The minimum Gasteiger partial charge on any atom is -0.383 e. The van der Waals surface area contributed by atoms with Crippen LogP contribution in [0.2, 0.25) is 0 Å². The maximum atomic E-state index is 4.48. The van der Waals surface area contributed by atoms with Gasteiger partial charge in [-0.15, -0.1) is 0 Å². The quantitative estimate of drug-likeness (QED) is 0.906. The average Bonchev–Trinajstić information content (AvgIpc) is 2.46. The summed E-state index contributed by atoms with van der Waals surface area (Å²) in [6.45, 7) is 1.08. The molecular formula is C15H18N2S. The van der Waals surface area contributed by atoms with Gasteiger partial charge in [-0.05, 0) is 42.4 Å². The van der Waals surface area contributed by atoms with Gasteiger partial charge in [-0.1, -0.05) is 18.2 Å². The molecule has 0 spiro atoms. The second-order valence-corrected chi connectivity index (χ2v) is 6.03. The fourth-order valence-corrected chi connectivity index (χ4v) is 3.55. The number of fused-ring (bicyclic) bond motifs is 1. The zero-order valence-electron chi connectivity index (χ0n) is 10.4. The van der Waals surface area contributed by atoms with Crippen molar-refractivity contribution in [2.24, 2.45) is 5.92 Å². The summed E-state index contributed by atoms with van der Waals surface area (Å²) in [5.41, 5.74) is 2.21. The summed E-state index contributed by atoms with van der Waals surface area (Å²) in [6.07, 6.45) is 4.67. The van der Waals surface area contributed by atoms with Gasteiger partial charge < -0.3 is 5.32 Å². The molecule has 0 saturated carbocycles. The van der Waals surface area contributed by atoms with E-state index in [9.17, 15) is 0 Å². The predicted molar refractivity (Wildman–Crippen MR) is 80.3 cm³/mol. The van der Waals surface area contributed by atoms with E-state index < -0.39 is 0 Å². The molecule has 1 atom stereocenters. The number of benzene rings is 1. The van der Waals surface area contributed by atoms with Gasteiger partial charge in [-0.2, -0.15) is 11.8 Å². The third-order valence-electron chi connectivity index (χ3n) is 3.44. The maximum Gasteiger partial charge on any atom is 0.0703 e. The number of thioether (sulfide) groups is 1. The third kappa shape index (κ3) is 2.78. The highest BCUT2D eigenvalue weighted by Gasteiger charge is 2.13. The topological polar surface area (TPSA) is 24.9 Å². The van der Waals surface area contributed by atoms with E-state index in [2.05, 4.69) is 46.3 Å². The van der Waals surface area contributed by atoms with Gasteiger partial charge >= 0.3 is 0 Å². The number of nitrogens with zero attached hydrogens (tertiary/aromatic N) is 1. The standard InChI is InChI=1S/C15H18N2S/c1-2-6-15-13(5-1)8-14(10-17-15)16-9-12-4-3-7-18-11-12/h1-2,5-6,8,10,12,16H,3-4,7,9,11H2. The van der Waals surface area contributed by atoms with Crippen molar-refractivity contribution in [3.8, 4) is 0 Å². The molecule has 0 amide bonds. The van der Waals surface area contributed by atoms with Crippen LogP contribution < -0.4 is 5.32 Å². The monoisotopic (exact) mass is 258 g/mol. The maximum absolute atomic E-state index is 4.48. The van der Waals surface area contributed by atoms with Gasteiger partial charge in [0, 0.05) is 11.9 Å². The summed E-state index contributed by atoms with van der Waals surface area (Å²) >= 11 is 2.09. The molecule has 1 aliphatic rings. The molecule has 1 aliphatic heterocycles. The first kappa shape index (κ1) is 11.8. The molecule has 3 rings (SSSR count). The SMILES string of the molecule is c1ccc2ncc(NCC3CCCSC3)cc2c1. The van der Waals surface area contributed by atoms with Crippen LogP contribution >= 0.6 is 11.8 Å². The van der Waals surface area contributed by atoms with Gasteiger partial charge in [-0.25, -0.2) is 0 Å². The van der Waals surface area contributed by atoms with E-state index in [-0.39, 0.29) is 0 Å². The molecule has 2 nitrogen and oxygen atoms in total. The van der Waals surface area contributed by atoms with Crippen molar-refractivity contribution < 1.29 is 0 Å². The summed E-state index contributed by atoms with van der Waals surface area (Å²) in [4.78, 5) is 4.48. The molecule has 0 aliphatic carbocycles. The number of hydrogen-bond acceptors (Lipinski definition) is 3. The van der Waals surface area contributed by atoms with E-state index in [1.165, 1.54) is 29.7 Å². The molecule has 1 unspecified atom stereocenters. The molecule has 1 fully saturated rings. The molecule has 1 aromatic heterocycles. The Morgan fingerprint density at radius 3 is 3.17 bits per heavy atom. The Hall–Kier alpha value is -1.22. The Bertz CT molecular complexity index is 521. The highest BCUT2D eigenvalue weighted by molar-refractivity contribution is 7.99. The second kappa shape index (κ2) is 5.61. The van der Waals surface area contributed by atoms with Crippen LogP contribution in [0.25, 0.3) is 10.9 Å². The fraction of sp³-hybridized carbons (Fsp3) is 0.400. The van der Waals surface area contributed by atoms with E-state index in [4.69, 9.17) is 0 Å². The van der Waals surface area contributed by atoms with Gasteiger partial charge in [0.1, 0.15) is 0 Å². The molecule has 0 radical (unpaired) electrons. The summed E-state index contributed by atoms with van der Waals surface area (Å²) in [5.74, 6) is 3.46. The zero-order valence-corrected chi connectivity index (χ0v) is 11.2. The van der Waals surface area contributed by atoms with Crippen molar-refractivity contribution in [1.29, 1.82) is 0 Å². The van der Waals surface area contributed by atoms with Gasteiger partial charge in [0.25, 0.3) is 0 Å². The number of pyridine rings is 1. The first-order valence-electron chi connectivity index (χ1n) is 6.58. The Labute approximate surface area is 112 Å². The van der Waals surface area contributed by atoms with E-state index in [0.717, 1.165) is 23.7 Å². The van der Waals surface area contributed by atoms with E-state index in [1.807, 2.05) is 12.3 Å². The van der Waals surface area contributed by atoms with E-state index >= 15 is 0 Å². The molecule has 0 bridgehead atoms. The fourth-order valence-electron chi connectivity index (χ4n) is 2.40. The smallest absolute Gasteiger partial charge is 0.0703 e. The predicted octanol–water partition coefficient (Wildman–Crippen LogP) is 3.79. The molecule has 1 saturated heterocycles. The molecule has 2 aromatic rings. The number of para-hydroxylation sites is 1. The lowest BCUT2D eigenvalue weighted by Crippen LogP contribution is -2.20. The van der Waals surface area contributed by atoms with Crippen LogP contribution in [0.4, 0.5) is 5.69 Å². The Kier molecular flexibility index (Phi) is 3.69. The molecule has 94 valence electrons. The first-order chi connectivity index (χ1) is 8.92. The number of anilines is 1. The summed E-state index contributed by atoms with van der Waals surface area (Å²) in [7, 11) is 0. The molecule has 2 heterocycles. The Morgan fingerprint density at radius 2 is 2.28 bits per heavy atom. The largest absolute Gasteiger partial charge is 0.383 e. The highest BCUT2D eigenvalue weighted by atomic mass is 32.2. The van der Waals surface area contributed by atoms with Crippen LogP contribution in [0.3, 0.4) is 0 Å². The van der Waals surface area contributed by atoms with Crippen LogP contribution in [0.5, 0.6) is 0 Å². The van der Waals surface area contributed by atoms with Crippen LogP contribution in [0, 0.1) is 5.92 Å². The van der Waals surface area contributed by atoms with E-state index in [1.54, 1.807) is 0 Å². The highest BCUT2D eigenvalue weighted by Crippen LogP contribution is 2.23. The second-order valence-electron chi connectivity index (χ2n) is 4.88. The first-order valence-corrected chi connectivity index (χ1v) is 7.74. The molecule has 1 aromatic carbocycles. The normalized spacial score (nSPS) is 19.9. The average molecular weight is 258 g/mol. The van der Waals surface area contributed by atoms with Gasteiger partial charge in [-0.3, -0.25) is 4.98 Å². The Morgan fingerprint density at radius 1 is 1.33 bits per heavy atom. The third-order valence-corrected chi connectivity index (χ3v) is 4.72. The summed E-state index contributed by atoms with van der Waals surface area (Å²) < 4.78 is 0. The molecule has 1 N–H and O–H groups in total. The number of aromatic nitrogens is 1. The van der Waals surface area contributed by atoms with Crippen molar-refractivity contribution in [2.45, 2.75) is 12.8 Å². The number of rotatable bonds is 3. The molecular weight excluding hydrogens is 240 g/mol. The molecule has 18 heavy (non-hydrogen) atoms. The van der Waals surface area contributed by atoms with E-state index in [0.29, 0.717) is 0 Å². The van der Waals surface area contributed by atoms with Crippen molar-refractivity contribution in [1.82, 2.24) is 4.98 Å². The van der Waals surface area contributed by atoms with Gasteiger partial charge in [0.2, 0.25) is 0 Å². The van der Waals surface area contributed by atoms with Crippen LogP contribution in [-0.2, 0) is 0 Å². The van der Waals surface area contributed by atoms with Gasteiger partial charge in [0.05, 0.1) is 17.4 Å². The zero-order chi connectivity index (χ0) is 12.2. The molecule has 3 heteroatoms. The Balaban J connectivity index is 1.66. The van der Waals surface area contributed by atoms with Crippen molar-refractivity contribution in [2.75, 3.05) is 23.4 Å². The minimum atomic E-state index is 0.815. The number of hydrogen-bond donors (Lipinski definition) is 1. The lowest BCUT2D eigenvalue weighted by Gasteiger charge is -2.21. The van der Waals surface area contributed by atoms with Crippen molar-refractivity contribution >= 4 is 28.4 Å². The number of nitrogens with one attached hydrogen (secondary N) is 1. The lowest BCUT2D eigenvalue weighted by atomic mass is 10.1. The van der Waals surface area contributed by atoms with Crippen LogP contribution in [0.1, 0.15) is 12.8 Å². The van der Waals surface area contributed by atoms with Crippen LogP contribution in [-0.4, -0.2) is 23.0 Å². The van der Waals surface area contributed by atoms with Crippen molar-refractivity contribution in [3.63, 3.8) is 0 Å².